The fourth-order valence-electron chi connectivity index (χ4n) is 7.35. The number of aromatic nitrogens is 1. The Bertz CT molecular complexity index is 2530. The van der Waals surface area contributed by atoms with Crippen LogP contribution in [0, 0.1) is 0 Å². The molecule has 0 radical (unpaired) electrons. The largest absolute Gasteiger partial charge is 0.308 e. The number of benzene rings is 7. The van der Waals surface area contributed by atoms with Gasteiger partial charge in [0.1, 0.15) is 0 Å². The van der Waals surface area contributed by atoms with Crippen LogP contribution in [-0.2, 0) is 0 Å². The van der Waals surface area contributed by atoms with Gasteiger partial charge in [0.05, 0.1) is 15.7 Å². The average Bonchev–Trinajstić information content (AvgIpc) is 3.71. The van der Waals surface area contributed by atoms with Crippen LogP contribution in [0.15, 0.2) is 140 Å². The minimum absolute atomic E-state index is 1.19. The minimum Gasteiger partial charge on any atom is -0.308 e. The predicted molar refractivity (Wildman–Crippen MR) is 181 cm³/mol. The lowest BCUT2D eigenvalue weighted by Crippen LogP contribution is -1.94. The first-order valence-corrected chi connectivity index (χ1v) is 15.3. The average molecular weight is 550 g/mol. The van der Waals surface area contributed by atoms with Gasteiger partial charge in [0.15, 0.2) is 0 Å². The van der Waals surface area contributed by atoms with E-state index in [2.05, 4.69) is 144 Å². The standard InChI is InChI=1S/C40H23NS/c1-2-9-28-27(8-1)32-13-7-12-31-26(20-21-33(28)38(31)32)24-16-18-25(19-17-24)41-36-14-5-3-10-29(36)34-22-23-35-30-11-4-6-15-37(30)42-40(35)39(34)41/h1-23H. The van der Waals surface area contributed by atoms with E-state index in [0.717, 1.165) is 0 Å². The fraction of sp³-hybridized carbons (Fsp3) is 0. The number of hydrogen-bond donors (Lipinski definition) is 0. The highest BCUT2D eigenvalue weighted by molar-refractivity contribution is 7.26. The Balaban J connectivity index is 1.20. The third-order valence-electron chi connectivity index (χ3n) is 9.16. The third-order valence-corrected chi connectivity index (χ3v) is 10.4. The van der Waals surface area contributed by atoms with Crippen molar-refractivity contribution in [3.8, 4) is 39.1 Å². The molecule has 1 aliphatic carbocycles. The maximum Gasteiger partial charge on any atom is 0.0719 e. The maximum atomic E-state index is 2.47. The Morgan fingerprint density at radius 3 is 1.90 bits per heavy atom. The number of para-hydroxylation sites is 1. The molecule has 7 aromatic carbocycles. The monoisotopic (exact) mass is 549 g/mol. The summed E-state index contributed by atoms with van der Waals surface area (Å²) in [4.78, 5) is 0. The number of fused-ring (bicyclic) bond motifs is 10. The van der Waals surface area contributed by atoms with E-state index < -0.39 is 0 Å². The molecule has 0 aliphatic heterocycles. The van der Waals surface area contributed by atoms with E-state index in [1.165, 1.54) is 91.8 Å². The molecule has 2 heteroatoms. The normalized spacial score (nSPS) is 12.3. The van der Waals surface area contributed by atoms with Crippen LogP contribution in [-0.4, -0.2) is 4.57 Å². The van der Waals surface area contributed by atoms with E-state index in [-0.39, 0.29) is 0 Å². The van der Waals surface area contributed by atoms with E-state index in [9.17, 15) is 0 Å². The summed E-state index contributed by atoms with van der Waals surface area (Å²) >= 11 is 1.90. The van der Waals surface area contributed by atoms with Crippen LogP contribution in [0.4, 0.5) is 0 Å². The molecule has 9 aromatic rings. The molecule has 1 nitrogen and oxygen atoms in total. The first-order valence-electron chi connectivity index (χ1n) is 14.4. The van der Waals surface area contributed by atoms with Crippen LogP contribution in [0.25, 0.3) is 91.8 Å². The molecule has 0 saturated heterocycles. The van der Waals surface area contributed by atoms with Crippen molar-refractivity contribution in [3.63, 3.8) is 0 Å². The van der Waals surface area contributed by atoms with Gasteiger partial charge >= 0.3 is 0 Å². The zero-order chi connectivity index (χ0) is 27.4. The molecule has 0 atom stereocenters. The summed E-state index contributed by atoms with van der Waals surface area (Å²) in [6.45, 7) is 0. The highest BCUT2D eigenvalue weighted by Crippen LogP contribution is 2.49. The van der Waals surface area contributed by atoms with Gasteiger partial charge < -0.3 is 4.57 Å². The van der Waals surface area contributed by atoms with Gasteiger partial charge in [-0.25, -0.2) is 0 Å². The van der Waals surface area contributed by atoms with E-state index in [1.54, 1.807) is 0 Å². The number of thiophene rings is 1. The molecule has 0 spiro atoms. The lowest BCUT2D eigenvalue weighted by atomic mass is 9.94. The second kappa shape index (κ2) is 8.19. The van der Waals surface area contributed by atoms with Gasteiger partial charge in [-0.3, -0.25) is 0 Å². The summed E-state index contributed by atoms with van der Waals surface area (Å²) < 4.78 is 5.15. The summed E-state index contributed by atoms with van der Waals surface area (Å²) in [5.41, 5.74) is 11.6. The summed E-state index contributed by atoms with van der Waals surface area (Å²) in [6, 6.07) is 51.6. The Hall–Kier alpha value is -5.18. The van der Waals surface area contributed by atoms with E-state index in [4.69, 9.17) is 0 Å². The number of rotatable bonds is 2. The fourth-order valence-corrected chi connectivity index (χ4v) is 8.59. The van der Waals surface area contributed by atoms with Gasteiger partial charge in [0.25, 0.3) is 0 Å². The summed E-state index contributed by atoms with van der Waals surface area (Å²) in [6.07, 6.45) is 0. The molecule has 0 fully saturated rings. The minimum atomic E-state index is 1.19. The van der Waals surface area contributed by atoms with E-state index in [0.29, 0.717) is 0 Å². The molecular formula is C40H23NS. The van der Waals surface area contributed by atoms with Crippen molar-refractivity contribution < 1.29 is 0 Å². The molecule has 0 amide bonds. The van der Waals surface area contributed by atoms with Crippen LogP contribution in [0.1, 0.15) is 0 Å². The SMILES string of the molecule is c1ccc2c(c1)-c1cccc3c(-c4ccc(-n5c6ccccc6c6ccc7c8ccccc8sc7c65)cc4)ccc-2c13. The van der Waals surface area contributed by atoms with Gasteiger partial charge in [-0.2, -0.15) is 0 Å². The van der Waals surface area contributed by atoms with Crippen LogP contribution in [0.5, 0.6) is 0 Å². The lowest BCUT2D eigenvalue weighted by molar-refractivity contribution is 1.19. The molecular weight excluding hydrogens is 527 g/mol. The van der Waals surface area contributed by atoms with Crippen molar-refractivity contribution >= 4 is 64.1 Å². The number of hydrogen-bond acceptors (Lipinski definition) is 1. The Kier molecular flexibility index (Phi) is 4.39. The van der Waals surface area contributed by atoms with Crippen LogP contribution in [0.3, 0.4) is 0 Å². The highest BCUT2D eigenvalue weighted by Gasteiger charge is 2.22. The summed E-state index contributed by atoms with van der Waals surface area (Å²) in [5.74, 6) is 0. The van der Waals surface area contributed by atoms with E-state index >= 15 is 0 Å². The first-order chi connectivity index (χ1) is 20.8. The summed E-state index contributed by atoms with van der Waals surface area (Å²) in [5, 5.41) is 7.95. The van der Waals surface area contributed by atoms with Gasteiger partial charge in [-0.15, -0.1) is 11.3 Å². The molecule has 2 aromatic heterocycles. The van der Waals surface area contributed by atoms with Gasteiger partial charge in [0, 0.05) is 31.9 Å². The Morgan fingerprint density at radius 2 is 1.05 bits per heavy atom. The van der Waals surface area contributed by atoms with E-state index in [1.807, 2.05) is 11.3 Å². The molecule has 2 heterocycles. The molecule has 0 N–H and O–H groups in total. The van der Waals surface area contributed by atoms with Crippen molar-refractivity contribution in [1.82, 2.24) is 4.57 Å². The van der Waals surface area contributed by atoms with Gasteiger partial charge in [-0.05, 0) is 68.4 Å². The molecule has 0 bridgehead atoms. The predicted octanol–water partition coefficient (Wildman–Crippen LogP) is 11.6. The zero-order valence-corrected chi connectivity index (χ0v) is 23.5. The first kappa shape index (κ1) is 22.5. The van der Waals surface area contributed by atoms with Crippen molar-refractivity contribution in [2.45, 2.75) is 0 Å². The third kappa shape index (κ3) is 2.87. The second-order valence-corrected chi connectivity index (χ2v) is 12.3. The topological polar surface area (TPSA) is 4.93 Å². The Labute approximate surface area is 246 Å². The summed E-state index contributed by atoms with van der Waals surface area (Å²) in [7, 11) is 0. The molecule has 0 saturated carbocycles. The quantitative estimate of drug-likeness (QED) is 0.202. The van der Waals surface area contributed by atoms with Crippen LogP contribution < -0.4 is 0 Å². The lowest BCUT2D eigenvalue weighted by Gasteiger charge is -2.12. The molecule has 1 aliphatic rings. The highest BCUT2D eigenvalue weighted by atomic mass is 32.1. The van der Waals surface area contributed by atoms with Crippen molar-refractivity contribution in [1.29, 1.82) is 0 Å². The van der Waals surface area contributed by atoms with Crippen molar-refractivity contribution in [2.24, 2.45) is 0 Å². The van der Waals surface area contributed by atoms with Gasteiger partial charge in [0.2, 0.25) is 0 Å². The van der Waals surface area contributed by atoms with Crippen LogP contribution >= 0.6 is 11.3 Å². The zero-order valence-electron chi connectivity index (χ0n) is 22.6. The molecule has 0 unspecified atom stereocenters. The second-order valence-electron chi connectivity index (χ2n) is 11.3. The molecule has 194 valence electrons. The smallest absolute Gasteiger partial charge is 0.0719 e. The van der Waals surface area contributed by atoms with Crippen LogP contribution in [0.2, 0.25) is 0 Å². The van der Waals surface area contributed by atoms with Crippen molar-refractivity contribution in [3.05, 3.63) is 140 Å². The van der Waals surface area contributed by atoms with Crippen molar-refractivity contribution in [2.75, 3.05) is 0 Å². The molecule has 42 heavy (non-hydrogen) atoms. The van der Waals surface area contributed by atoms with Gasteiger partial charge in [-0.1, -0.05) is 115 Å². The molecule has 10 rings (SSSR count). The number of nitrogens with zero attached hydrogens (tertiary/aromatic N) is 1. The maximum absolute atomic E-state index is 2.47. The Morgan fingerprint density at radius 1 is 0.405 bits per heavy atom.